The molecule has 0 saturated carbocycles. The van der Waals surface area contributed by atoms with Crippen molar-refractivity contribution in [3.05, 3.63) is 35.4 Å². The SMILES string of the molecule is CC(=O)C(C)(C#N)CC1CCCc2ccccc21. The standard InChI is InChI=1S/C16H19NO/c1-12(18)16(2,11-17)10-14-8-5-7-13-6-3-4-9-15(13)14/h3-4,6,9,14H,5,7-8,10H2,1-2H3. The third-order valence-electron chi connectivity index (χ3n) is 4.17. The first-order valence-corrected chi connectivity index (χ1v) is 6.57. The third-order valence-corrected chi connectivity index (χ3v) is 4.17. The highest BCUT2D eigenvalue weighted by Gasteiger charge is 2.34. The highest BCUT2D eigenvalue weighted by atomic mass is 16.1. The number of ketones is 1. The van der Waals surface area contributed by atoms with Crippen LogP contribution in [0.1, 0.15) is 50.2 Å². The van der Waals surface area contributed by atoms with Crippen LogP contribution in [0.3, 0.4) is 0 Å². The number of nitriles is 1. The van der Waals surface area contributed by atoms with Gasteiger partial charge >= 0.3 is 0 Å². The van der Waals surface area contributed by atoms with Gasteiger partial charge in [0.2, 0.25) is 0 Å². The van der Waals surface area contributed by atoms with Crippen LogP contribution in [0.2, 0.25) is 0 Å². The molecule has 2 atom stereocenters. The molecule has 0 saturated heterocycles. The Labute approximate surface area is 109 Å². The van der Waals surface area contributed by atoms with Crippen molar-refractivity contribution < 1.29 is 4.79 Å². The summed E-state index contributed by atoms with van der Waals surface area (Å²) in [7, 11) is 0. The molecule has 2 heteroatoms. The quantitative estimate of drug-likeness (QED) is 0.811. The minimum atomic E-state index is -0.838. The molecule has 1 aliphatic rings. The number of benzene rings is 1. The van der Waals surface area contributed by atoms with E-state index >= 15 is 0 Å². The van der Waals surface area contributed by atoms with Gasteiger partial charge in [-0.25, -0.2) is 0 Å². The molecule has 0 amide bonds. The van der Waals surface area contributed by atoms with E-state index < -0.39 is 5.41 Å². The summed E-state index contributed by atoms with van der Waals surface area (Å²) in [4.78, 5) is 11.7. The number of carbonyl (C=O) groups is 1. The Morgan fingerprint density at radius 3 is 2.89 bits per heavy atom. The van der Waals surface area contributed by atoms with Gasteiger partial charge in [0.15, 0.2) is 0 Å². The monoisotopic (exact) mass is 241 g/mol. The van der Waals surface area contributed by atoms with Crippen LogP contribution in [0.4, 0.5) is 0 Å². The van der Waals surface area contributed by atoms with Gasteiger partial charge in [-0.1, -0.05) is 24.3 Å². The van der Waals surface area contributed by atoms with E-state index in [0.29, 0.717) is 12.3 Å². The van der Waals surface area contributed by atoms with Gasteiger partial charge in [0.1, 0.15) is 11.2 Å². The van der Waals surface area contributed by atoms with Crippen LogP contribution in [0.25, 0.3) is 0 Å². The zero-order chi connectivity index (χ0) is 13.2. The highest BCUT2D eigenvalue weighted by molar-refractivity contribution is 5.84. The van der Waals surface area contributed by atoms with Gasteiger partial charge in [-0.3, -0.25) is 4.79 Å². The molecule has 18 heavy (non-hydrogen) atoms. The molecule has 2 nitrogen and oxygen atoms in total. The van der Waals surface area contributed by atoms with Gasteiger partial charge in [0, 0.05) is 0 Å². The first kappa shape index (κ1) is 12.8. The summed E-state index contributed by atoms with van der Waals surface area (Å²) < 4.78 is 0. The van der Waals surface area contributed by atoms with Crippen LogP contribution in [-0.4, -0.2) is 5.78 Å². The molecule has 0 radical (unpaired) electrons. The lowest BCUT2D eigenvalue weighted by Crippen LogP contribution is -2.27. The topological polar surface area (TPSA) is 40.9 Å². The Bertz CT molecular complexity index is 500. The molecule has 0 aliphatic heterocycles. The molecule has 2 unspecified atom stereocenters. The molecular weight excluding hydrogens is 222 g/mol. The van der Waals surface area contributed by atoms with Crippen molar-refractivity contribution in [1.82, 2.24) is 0 Å². The number of hydrogen-bond acceptors (Lipinski definition) is 2. The number of nitrogens with zero attached hydrogens (tertiary/aromatic N) is 1. The lowest BCUT2D eigenvalue weighted by molar-refractivity contribution is -0.123. The number of aryl methyl sites for hydroxylation is 1. The maximum absolute atomic E-state index is 11.7. The number of carbonyl (C=O) groups excluding carboxylic acids is 1. The maximum atomic E-state index is 11.7. The summed E-state index contributed by atoms with van der Waals surface area (Å²) in [6.45, 7) is 3.30. The lowest BCUT2D eigenvalue weighted by atomic mass is 9.72. The van der Waals surface area contributed by atoms with E-state index in [1.165, 1.54) is 18.1 Å². The molecule has 1 aromatic carbocycles. The van der Waals surface area contributed by atoms with E-state index in [1.807, 2.05) is 0 Å². The average Bonchev–Trinajstić information content (AvgIpc) is 2.39. The lowest BCUT2D eigenvalue weighted by Gasteiger charge is -2.30. The van der Waals surface area contributed by atoms with Crippen molar-refractivity contribution in [3.63, 3.8) is 0 Å². The Balaban J connectivity index is 2.27. The Kier molecular flexibility index (Phi) is 3.52. The molecule has 0 aromatic heterocycles. The Hall–Kier alpha value is -1.62. The zero-order valence-electron chi connectivity index (χ0n) is 11.1. The van der Waals surface area contributed by atoms with Crippen molar-refractivity contribution in [3.8, 4) is 6.07 Å². The number of Topliss-reactive ketones (excluding diaryl/α,β-unsaturated/α-hetero) is 1. The second kappa shape index (κ2) is 4.94. The minimum Gasteiger partial charge on any atom is -0.298 e. The smallest absolute Gasteiger partial charge is 0.149 e. The largest absolute Gasteiger partial charge is 0.298 e. The van der Waals surface area contributed by atoms with E-state index in [4.69, 9.17) is 0 Å². The summed E-state index contributed by atoms with van der Waals surface area (Å²) in [6.07, 6.45) is 4.01. The molecule has 0 spiro atoms. The number of hydrogen-bond donors (Lipinski definition) is 0. The van der Waals surface area contributed by atoms with Crippen molar-refractivity contribution >= 4 is 5.78 Å². The normalized spacial score (nSPS) is 21.5. The summed E-state index contributed by atoms with van der Waals surface area (Å²) in [5.41, 5.74) is 1.89. The van der Waals surface area contributed by atoms with Gasteiger partial charge in [-0.05, 0) is 56.6 Å². The highest BCUT2D eigenvalue weighted by Crippen LogP contribution is 2.39. The fourth-order valence-electron chi connectivity index (χ4n) is 2.83. The van der Waals surface area contributed by atoms with Crippen LogP contribution >= 0.6 is 0 Å². The summed E-state index contributed by atoms with van der Waals surface area (Å²) in [5.74, 6) is 0.330. The minimum absolute atomic E-state index is 0.0203. The van der Waals surface area contributed by atoms with Gasteiger partial charge in [-0.15, -0.1) is 0 Å². The average molecular weight is 241 g/mol. The fraction of sp³-hybridized carbons (Fsp3) is 0.500. The molecule has 2 rings (SSSR count). The zero-order valence-corrected chi connectivity index (χ0v) is 11.1. The molecule has 0 heterocycles. The van der Waals surface area contributed by atoms with Crippen LogP contribution in [0, 0.1) is 16.7 Å². The van der Waals surface area contributed by atoms with Crippen molar-refractivity contribution in [2.45, 2.75) is 45.4 Å². The van der Waals surface area contributed by atoms with Crippen LogP contribution in [-0.2, 0) is 11.2 Å². The molecule has 0 fully saturated rings. The number of fused-ring (bicyclic) bond motifs is 1. The van der Waals surface area contributed by atoms with Gasteiger partial charge in [0.05, 0.1) is 6.07 Å². The third kappa shape index (κ3) is 2.31. The van der Waals surface area contributed by atoms with Gasteiger partial charge in [0.25, 0.3) is 0 Å². The predicted molar refractivity (Wildman–Crippen MR) is 71.1 cm³/mol. The van der Waals surface area contributed by atoms with Gasteiger partial charge in [-0.2, -0.15) is 5.26 Å². The Morgan fingerprint density at radius 2 is 2.22 bits per heavy atom. The van der Waals surface area contributed by atoms with Crippen LogP contribution < -0.4 is 0 Å². The summed E-state index contributed by atoms with van der Waals surface area (Å²) in [6, 6.07) is 10.6. The van der Waals surface area contributed by atoms with E-state index in [0.717, 1.165) is 19.3 Å². The fourth-order valence-corrected chi connectivity index (χ4v) is 2.83. The molecule has 0 N–H and O–H groups in total. The van der Waals surface area contributed by atoms with Crippen molar-refractivity contribution in [2.24, 2.45) is 5.41 Å². The van der Waals surface area contributed by atoms with Crippen molar-refractivity contribution in [2.75, 3.05) is 0 Å². The van der Waals surface area contributed by atoms with Crippen LogP contribution in [0.15, 0.2) is 24.3 Å². The van der Waals surface area contributed by atoms with E-state index in [-0.39, 0.29) is 5.78 Å². The Morgan fingerprint density at radius 1 is 1.50 bits per heavy atom. The van der Waals surface area contributed by atoms with E-state index in [1.54, 1.807) is 6.92 Å². The van der Waals surface area contributed by atoms with Gasteiger partial charge < -0.3 is 0 Å². The van der Waals surface area contributed by atoms with Crippen molar-refractivity contribution in [1.29, 1.82) is 5.26 Å². The molecule has 0 bridgehead atoms. The predicted octanol–water partition coefficient (Wildman–Crippen LogP) is 3.62. The summed E-state index contributed by atoms with van der Waals surface area (Å²) in [5, 5.41) is 9.26. The van der Waals surface area contributed by atoms with E-state index in [2.05, 4.69) is 30.3 Å². The first-order chi connectivity index (χ1) is 8.57. The van der Waals surface area contributed by atoms with E-state index in [9.17, 15) is 10.1 Å². The molecular formula is C16H19NO. The molecule has 94 valence electrons. The summed E-state index contributed by atoms with van der Waals surface area (Å²) >= 11 is 0. The first-order valence-electron chi connectivity index (χ1n) is 6.57. The molecule has 1 aliphatic carbocycles. The molecule has 1 aromatic rings. The van der Waals surface area contributed by atoms with Crippen LogP contribution in [0.5, 0.6) is 0 Å². The number of rotatable bonds is 3. The maximum Gasteiger partial charge on any atom is 0.149 e. The second-order valence-electron chi connectivity index (χ2n) is 5.49. The second-order valence-corrected chi connectivity index (χ2v) is 5.49.